The van der Waals surface area contributed by atoms with Crippen molar-refractivity contribution in [3.63, 3.8) is 0 Å². The Labute approximate surface area is 123 Å². The summed E-state index contributed by atoms with van der Waals surface area (Å²) >= 11 is 0. The zero-order chi connectivity index (χ0) is 14.7. The lowest BCUT2D eigenvalue weighted by Crippen LogP contribution is -2.27. The monoisotopic (exact) mass is 290 g/mol. The van der Waals surface area contributed by atoms with Crippen LogP contribution in [0.2, 0.25) is 0 Å². The molecule has 0 aromatic heterocycles. The fourth-order valence-electron chi connectivity index (χ4n) is 2.52. The SMILES string of the molecule is O=C(OCC1CCCO1)c1ccc(N2CCNC2=O)cc1. The number of rotatable bonds is 4. The maximum Gasteiger partial charge on any atom is 0.338 e. The van der Waals surface area contributed by atoms with Gasteiger partial charge < -0.3 is 14.8 Å². The summed E-state index contributed by atoms with van der Waals surface area (Å²) in [4.78, 5) is 25.1. The van der Waals surface area contributed by atoms with Crippen molar-refractivity contribution in [3.8, 4) is 0 Å². The van der Waals surface area contributed by atoms with Gasteiger partial charge in [0.05, 0.1) is 11.7 Å². The first-order valence-electron chi connectivity index (χ1n) is 7.18. The molecule has 1 aromatic carbocycles. The van der Waals surface area contributed by atoms with Crippen molar-refractivity contribution in [2.24, 2.45) is 0 Å². The topological polar surface area (TPSA) is 67.9 Å². The standard InChI is InChI=1S/C15H18N2O4/c18-14(21-10-13-2-1-9-20-13)11-3-5-12(6-4-11)17-8-7-16-15(17)19/h3-6,13H,1-2,7-10H2,(H,16,19). The van der Waals surface area contributed by atoms with Crippen LogP contribution in [-0.2, 0) is 9.47 Å². The van der Waals surface area contributed by atoms with Crippen LogP contribution in [0.4, 0.5) is 10.5 Å². The molecule has 1 N–H and O–H groups in total. The van der Waals surface area contributed by atoms with Crippen LogP contribution in [0.15, 0.2) is 24.3 Å². The Kier molecular flexibility index (Phi) is 4.06. The Bertz CT molecular complexity index is 523. The van der Waals surface area contributed by atoms with Crippen LogP contribution in [0.3, 0.4) is 0 Å². The fraction of sp³-hybridized carbons (Fsp3) is 0.467. The molecule has 2 fully saturated rings. The normalized spacial score (nSPS) is 21.4. The molecule has 0 radical (unpaired) electrons. The van der Waals surface area contributed by atoms with Gasteiger partial charge in [-0.15, -0.1) is 0 Å². The summed E-state index contributed by atoms with van der Waals surface area (Å²) in [6.07, 6.45) is 1.99. The maximum atomic E-state index is 11.9. The molecule has 0 saturated carbocycles. The largest absolute Gasteiger partial charge is 0.459 e. The highest BCUT2D eigenvalue weighted by Crippen LogP contribution is 2.18. The lowest BCUT2D eigenvalue weighted by molar-refractivity contribution is 0.0161. The lowest BCUT2D eigenvalue weighted by Gasteiger charge is -2.14. The second-order valence-corrected chi connectivity index (χ2v) is 5.16. The number of nitrogens with one attached hydrogen (secondary N) is 1. The first-order chi connectivity index (χ1) is 10.2. The fourth-order valence-corrected chi connectivity index (χ4v) is 2.52. The highest BCUT2D eigenvalue weighted by Gasteiger charge is 2.22. The van der Waals surface area contributed by atoms with E-state index < -0.39 is 0 Å². The molecule has 6 heteroatoms. The first kappa shape index (κ1) is 13.9. The van der Waals surface area contributed by atoms with Crippen molar-refractivity contribution in [2.75, 3.05) is 31.2 Å². The minimum absolute atomic E-state index is 0.0292. The Morgan fingerprint density at radius 1 is 1.38 bits per heavy atom. The molecule has 0 bridgehead atoms. The molecule has 3 rings (SSSR count). The average molecular weight is 290 g/mol. The maximum absolute atomic E-state index is 11.9. The van der Waals surface area contributed by atoms with E-state index in [1.54, 1.807) is 29.2 Å². The molecule has 2 aliphatic rings. The van der Waals surface area contributed by atoms with Crippen LogP contribution < -0.4 is 10.2 Å². The molecule has 2 heterocycles. The summed E-state index contributed by atoms with van der Waals surface area (Å²) in [5.41, 5.74) is 1.26. The number of amides is 2. The van der Waals surface area contributed by atoms with Gasteiger partial charge in [-0.25, -0.2) is 9.59 Å². The smallest absolute Gasteiger partial charge is 0.338 e. The number of carbonyl (C=O) groups is 2. The van der Waals surface area contributed by atoms with Gasteiger partial charge in [-0.05, 0) is 37.1 Å². The zero-order valence-electron chi connectivity index (χ0n) is 11.7. The average Bonchev–Trinajstić information content (AvgIpc) is 3.16. The lowest BCUT2D eigenvalue weighted by atomic mass is 10.2. The number of benzene rings is 1. The number of ether oxygens (including phenoxy) is 2. The van der Waals surface area contributed by atoms with Crippen LogP contribution >= 0.6 is 0 Å². The zero-order valence-corrected chi connectivity index (χ0v) is 11.7. The number of carbonyl (C=O) groups excluding carboxylic acids is 2. The van der Waals surface area contributed by atoms with Crippen molar-refractivity contribution in [2.45, 2.75) is 18.9 Å². The van der Waals surface area contributed by atoms with Gasteiger partial charge >= 0.3 is 12.0 Å². The van der Waals surface area contributed by atoms with E-state index in [4.69, 9.17) is 9.47 Å². The van der Waals surface area contributed by atoms with E-state index in [1.807, 2.05) is 0 Å². The van der Waals surface area contributed by atoms with Crippen molar-refractivity contribution >= 4 is 17.7 Å². The van der Waals surface area contributed by atoms with Gasteiger partial charge in [-0.2, -0.15) is 0 Å². The minimum Gasteiger partial charge on any atom is -0.459 e. The van der Waals surface area contributed by atoms with Crippen molar-refractivity contribution in [1.82, 2.24) is 5.32 Å². The molecule has 0 aliphatic carbocycles. The van der Waals surface area contributed by atoms with E-state index in [9.17, 15) is 9.59 Å². The van der Waals surface area contributed by atoms with Crippen molar-refractivity contribution in [1.29, 1.82) is 0 Å². The third-order valence-corrected chi connectivity index (χ3v) is 3.70. The summed E-state index contributed by atoms with van der Waals surface area (Å²) < 4.78 is 10.7. The summed E-state index contributed by atoms with van der Waals surface area (Å²) in [6, 6.07) is 6.77. The number of esters is 1. The van der Waals surface area contributed by atoms with E-state index in [2.05, 4.69) is 5.32 Å². The van der Waals surface area contributed by atoms with Crippen molar-refractivity contribution in [3.05, 3.63) is 29.8 Å². The van der Waals surface area contributed by atoms with Crippen LogP contribution in [0, 0.1) is 0 Å². The number of hydrogen-bond donors (Lipinski definition) is 1. The third-order valence-electron chi connectivity index (χ3n) is 3.70. The highest BCUT2D eigenvalue weighted by molar-refractivity contribution is 5.95. The van der Waals surface area contributed by atoms with E-state index in [-0.39, 0.29) is 18.1 Å². The van der Waals surface area contributed by atoms with E-state index in [0.29, 0.717) is 25.3 Å². The molecule has 1 unspecified atom stereocenters. The number of hydrogen-bond acceptors (Lipinski definition) is 4. The molecule has 6 nitrogen and oxygen atoms in total. The number of urea groups is 1. The second-order valence-electron chi connectivity index (χ2n) is 5.16. The molecule has 1 atom stereocenters. The molecule has 2 amide bonds. The van der Waals surface area contributed by atoms with Crippen LogP contribution in [0.1, 0.15) is 23.2 Å². The predicted molar refractivity (Wildman–Crippen MR) is 76.4 cm³/mol. The molecule has 1 aromatic rings. The quantitative estimate of drug-likeness (QED) is 0.854. The molecular formula is C15H18N2O4. The molecular weight excluding hydrogens is 272 g/mol. The first-order valence-corrected chi connectivity index (χ1v) is 7.18. The van der Waals surface area contributed by atoms with Gasteiger partial charge in [-0.3, -0.25) is 4.90 Å². The molecule has 0 spiro atoms. The van der Waals surface area contributed by atoms with Gasteiger partial charge in [0.2, 0.25) is 0 Å². The van der Waals surface area contributed by atoms with Crippen LogP contribution in [0.5, 0.6) is 0 Å². The minimum atomic E-state index is -0.358. The van der Waals surface area contributed by atoms with E-state index in [1.165, 1.54) is 0 Å². The molecule has 21 heavy (non-hydrogen) atoms. The second kappa shape index (κ2) is 6.13. The van der Waals surface area contributed by atoms with Gasteiger partial charge in [0.15, 0.2) is 0 Å². The van der Waals surface area contributed by atoms with Crippen LogP contribution in [-0.4, -0.2) is 44.4 Å². The summed E-state index contributed by atoms with van der Waals surface area (Å²) in [7, 11) is 0. The molecule has 2 aliphatic heterocycles. The Morgan fingerprint density at radius 2 is 2.19 bits per heavy atom. The Hall–Kier alpha value is -2.08. The van der Waals surface area contributed by atoms with Gasteiger partial charge in [0.25, 0.3) is 0 Å². The predicted octanol–water partition coefficient (Wildman–Crippen LogP) is 1.55. The van der Waals surface area contributed by atoms with E-state index >= 15 is 0 Å². The van der Waals surface area contributed by atoms with E-state index in [0.717, 1.165) is 25.1 Å². The summed E-state index contributed by atoms with van der Waals surface area (Å²) in [6.45, 7) is 2.33. The van der Waals surface area contributed by atoms with Crippen LogP contribution in [0.25, 0.3) is 0 Å². The van der Waals surface area contributed by atoms with Gasteiger partial charge in [-0.1, -0.05) is 0 Å². The summed E-state index contributed by atoms with van der Waals surface area (Å²) in [5.74, 6) is -0.358. The summed E-state index contributed by atoms with van der Waals surface area (Å²) in [5, 5.41) is 2.74. The highest BCUT2D eigenvalue weighted by atomic mass is 16.6. The molecule has 112 valence electrons. The molecule has 2 saturated heterocycles. The number of nitrogens with zero attached hydrogens (tertiary/aromatic N) is 1. The van der Waals surface area contributed by atoms with Crippen molar-refractivity contribution < 1.29 is 19.1 Å². The Balaban J connectivity index is 1.58. The Morgan fingerprint density at radius 3 is 2.81 bits per heavy atom. The third kappa shape index (κ3) is 3.16. The van der Waals surface area contributed by atoms with Gasteiger partial charge in [0, 0.05) is 25.4 Å². The number of anilines is 1. The van der Waals surface area contributed by atoms with Gasteiger partial charge in [0.1, 0.15) is 6.61 Å².